The van der Waals surface area contributed by atoms with E-state index in [1.54, 1.807) is 43.5 Å². The Labute approximate surface area is 194 Å². The van der Waals surface area contributed by atoms with Crippen molar-refractivity contribution in [3.8, 4) is 0 Å². The van der Waals surface area contributed by atoms with E-state index in [9.17, 15) is 9.59 Å². The molecule has 31 heavy (non-hydrogen) atoms. The van der Waals surface area contributed by atoms with Gasteiger partial charge in [0.05, 0.1) is 6.04 Å². The zero-order valence-electron chi connectivity index (χ0n) is 18.5. The van der Waals surface area contributed by atoms with E-state index in [-0.39, 0.29) is 23.1 Å². The number of rotatable bonds is 7. The molecular weight excluding hydrogens is 433 g/mol. The Bertz CT molecular complexity index is 955. The van der Waals surface area contributed by atoms with E-state index in [1.165, 1.54) is 0 Å². The Morgan fingerprint density at radius 2 is 1.84 bits per heavy atom. The first-order chi connectivity index (χ1) is 14.5. The Kier molecular flexibility index (Phi) is 8.27. The number of hydrogen-bond acceptors (Lipinski definition) is 3. The summed E-state index contributed by atoms with van der Waals surface area (Å²) < 4.78 is 0. The van der Waals surface area contributed by atoms with Gasteiger partial charge in [-0.3, -0.25) is 14.6 Å². The summed E-state index contributed by atoms with van der Waals surface area (Å²) in [6.45, 7) is 9.65. The summed E-state index contributed by atoms with van der Waals surface area (Å²) in [6, 6.07) is 10.0. The molecule has 0 spiro atoms. The molecule has 5 nitrogen and oxygen atoms in total. The molecule has 2 amide bonds. The first-order valence-electron chi connectivity index (χ1n) is 10.1. The third kappa shape index (κ3) is 6.81. The molecule has 166 valence electrons. The van der Waals surface area contributed by atoms with Crippen LogP contribution in [0.4, 0.5) is 0 Å². The van der Waals surface area contributed by atoms with Crippen LogP contribution >= 0.6 is 23.2 Å². The summed E-state index contributed by atoms with van der Waals surface area (Å²) in [5.74, 6) is -0.665. The van der Waals surface area contributed by atoms with Gasteiger partial charge in [0.2, 0.25) is 5.91 Å². The summed E-state index contributed by atoms with van der Waals surface area (Å²) in [5, 5.41) is 7.00. The van der Waals surface area contributed by atoms with Gasteiger partial charge in [-0.05, 0) is 48.6 Å². The molecule has 1 aromatic carbocycles. The van der Waals surface area contributed by atoms with Gasteiger partial charge in [0.15, 0.2) is 0 Å². The molecule has 0 aliphatic carbocycles. The summed E-state index contributed by atoms with van der Waals surface area (Å²) in [7, 11) is 0. The van der Waals surface area contributed by atoms with E-state index < -0.39 is 11.4 Å². The normalized spacial score (nSPS) is 14.7. The van der Waals surface area contributed by atoms with Crippen LogP contribution in [0.15, 0.2) is 48.7 Å². The molecule has 0 radical (unpaired) electrons. The minimum absolute atomic E-state index is 0.264. The molecule has 2 atom stereocenters. The summed E-state index contributed by atoms with van der Waals surface area (Å²) in [4.78, 5) is 29.9. The number of aromatic nitrogens is 1. The van der Waals surface area contributed by atoms with Crippen LogP contribution in [0.3, 0.4) is 0 Å². The molecule has 1 heterocycles. The minimum Gasteiger partial charge on any atom is -0.347 e. The van der Waals surface area contributed by atoms with Crippen LogP contribution in [0.1, 0.15) is 57.1 Å². The molecule has 2 N–H and O–H groups in total. The quantitative estimate of drug-likeness (QED) is 0.568. The summed E-state index contributed by atoms with van der Waals surface area (Å²) in [6.07, 6.45) is 5.73. The van der Waals surface area contributed by atoms with E-state index in [4.69, 9.17) is 23.2 Å². The van der Waals surface area contributed by atoms with Crippen LogP contribution in [-0.2, 0) is 4.79 Å². The van der Waals surface area contributed by atoms with Crippen molar-refractivity contribution in [3.63, 3.8) is 0 Å². The maximum absolute atomic E-state index is 13.2. The molecule has 2 aromatic rings. The van der Waals surface area contributed by atoms with Crippen molar-refractivity contribution in [2.24, 2.45) is 5.41 Å². The van der Waals surface area contributed by atoms with Gasteiger partial charge in [0, 0.05) is 16.2 Å². The lowest BCUT2D eigenvalue weighted by atomic mass is 9.85. The number of hydrogen-bond donors (Lipinski definition) is 2. The molecule has 2 unspecified atom stereocenters. The van der Waals surface area contributed by atoms with E-state index in [0.717, 1.165) is 5.56 Å². The first kappa shape index (κ1) is 24.9. The minimum atomic E-state index is -1.09. The van der Waals surface area contributed by atoms with Crippen molar-refractivity contribution in [2.45, 2.75) is 52.6 Å². The average Bonchev–Trinajstić information content (AvgIpc) is 2.71. The van der Waals surface area contributed by atoms with Gasteiger partial charge in [-0.25, -0.2) is 0 Å². The van der Waals surface area contributed by atoms with Crippen LogP contribution < -0.4 is 10.6 Å². The van der Waals surface area contributed by atoms with Crippen molar-refractivity contribution in [1.82, 2.24) is 15.6 Å². The van der Waals surface area contributed by atoms with Crippen molar-refractivity contribution in [1.29, 1.82) is 0 Å². The van der Waals surface area contributed by atoms with Crippen molar-refractivity contribution in [3.05, 3.63) is 70.0 Å². The van der Waals surface area contributed by atoms with E-state index in [1.807, 2.05) is 45.9 Å². The standard InChI is InChI=1S/C24H29Cl2N3O2/c1-6-24(5,29-21(30)19-9-7-8-14-27-19)22(31)28-20(23(2,3)4)13-11-16-10-12-17(25)15-18(16)26/h7-15,20H,6H2,1-5H3,(H,28,31)(H,29,30)/b13-11+. The Morgan fingerprint density at radius 3 is 2.39 bits per heavy atom. The second-order valence-electron chi connectivity index (χ2n) is 8.70. The summed E-state index contributed by atoms with van der Waals surface area (Å²) in [5.41, 5.74) is -0.301. The van der Waals surface area contributed by atoms with E-state index >= 15 is 0 Å². The van der Waals surface area contributed by atoms with Gasteiger partial charge in [-0.15, -0.1) is 0 Å². The fourth-order valence-corrected chi connectivity index (χ4v) is 3.28. The number of halogens is 2. The zero-order valence-corrected chi connectivity index (χ0v) is 20.0. The molecular formula is C24H29Cl2N3O2. The maximum atomic E-state index is 13.2. The van der Waals surface area contributed by atoms with Gasteiger partial charge in [0.1, 0.15) is 11.2 Å². The maximum Gasteiger partial charge on any atom is 0.270 e. The highest BCUT2D eigenvalue weighted by atomic mass is 35.5. The molecule has 1 aromatic heterocycles. The van der Waals surface area contributed by atoms with Crippen LogP contribution in [0.5, 0.6) is 0 Å². The van der Waals surface area contributed by atoms with Crippen molar-refractivity contribution < 1.29 is 9.59 Å². The molecule has 0 bridgehead atoms. The Balaban J connectivity index is 2.21. The molecule has 2 rings (SSSR count). The Morgan fingerprint density at radius 1 is 1.13 bits per heavy atom. The van der Waals surface area contributed by atoms with Gasteiger partial charge in [-0.2, -0.15) is 0 Å². The second-order valence-corrected chi connectivity index (χ2v) is 9.54. The highest BCUT2D eigenvalue weighted by Crippen LogP contribution is 2.26. The number of nitrogens with one attached hydrogen (secondary N) is 2. The fourth-order valence-electron chi connectivity index (χ4n) is 2.81. The highest BCUT2D eigenvalue weighted by Gasteiger charge is 2.36. The predicted molar refractivity (Wildman–Crippen MR) is 127 cm³/mol. The molecule has 7 heteroatoms. The lowest BCUT2D eigenvalue weighted by Crippen LogP contribution is -2.59. The highest BCUT2D eigenvalue weighted by molar-refractivity contribution is 6.35. The van der Waals surface area contributed by atoms with Crippen molar-refractivity contribution >= 4 is 41.1 Å². The third-order valence-corrected chi connectivity index (χ3v) is 5.71. The second kappa shape index (κ2) is 10.3. The van der Waals surface area contributed by atoms with E-state index in [2.05, 4.69) is 15.6 Å². The van der Waals surface area contributed by atoms with Crippen LogP contribution in [0.2, 0.25) is 10.0 Å². The van der Waals surface area contributed by atoms with Crippen LogP contribution in [0, 0.1) is 5.41 Å². The van der Waals surface area contributed by atoms with Gasteiger partial charge >= 0.3 is 0 Å². The largest absolute Gasteiger partial charge is 0.347 e. The zero-order chi connectivity index (χ0) is 23.2. The monoisotopic (exact) mass is 461 g/mol. The average molecular weight is 462 g/mol. The molecule has 0 saturated heterocycles. The summed E-state index contributed by atoms with van der Waals surface area (Å²) >= 11 is 12.2. The number of pyridine rings is 1. The number of nitrogens with zero attached hydrogens (tertiary/aromatic N) is 1. The number of carbonyl (C=O) groups excluding carboxylic acids is 2. The SMILES string of the molecule is CCC(C)(NC(=O)c1ccccn1)C(=O)NC(/C=C/c1ccc(Cl)cc1Cl)C(C)(C)C. The lowest BCUT2D eigenvalue weighted by molar-refractivity contribution is -0.128. The van der Waals surface area contributed by atoms with Gasteiger partial charge < -0.3 is 10.6 Å². The predicted octanol–water partition coefficient (Wildman–Crippen LogP) is 5.53. The number of amides is 2. The van der Waals surface area contributed by atoms with Gasteiger partial charge in [-0.1, -0.05) is 75.2 Å². The van der Waals surface area contributed by atoms with Gasteiger partial charge in [0.25, 0.3) is 5.91 Å². The third-order valence-electron chi connectivity index (χ3n) is 5.15. The molecule has 0 fully saturated rings. The fraction of sp³-hybridized carbons (Fsp3) is 0.375. The smallest absolute Gasteiger partial charge is 0.270 e. The topological polar surface area (TPSA) is 71.1 Å². The van der Waals surface area contributed by atoms with Crippen LogP contribution in [0.25, 0.3) is 6.08 Å². The molecule has 0 saturated carbocycles. The number of benzene rings is 1. The lowest BCUT2D eigenvalue weighted by Gasteiger charge is -2.34. The first-order valence-corrected chi connectivity index (χ1v) is 10.9. The Hall–Kier alpha value is -2.37. The van der Waals surface area contributed by atoms with Crippen molar-refractivity contribution in [2.75, 3.05) is 0 Å². The molecule has 0 aliphatic rings. The van der Waals surface area contributed by atoms with Crippen LogP contribution in [-0.4, -0.2) is 28.4 Å². The number of carbonyl (C=O) groups is 2. The molecule has 0 aliphatic heterocycles. The van der Waals surface area contributed by atoms with E-state index in [0.29, 0.717) is 16.5 Å².